The van der Waals surface area contributed by atoms with Gasteiger partial charge in [0, 0.05) is 26.3 Å². The van der Waals surface area contributed by atoms with E-state index in [0.29, 0.717) is 0 Å². The summed E-state index contributed by atoms with van der Waals surface area (Å²) < 4.78 is 14.7. The lowest BCUT2D eigenvalue weighted by Gasteiger charge is -2.06. The maximum Gasteiger partial charge on any atom is 0.123 e. The predicted molar refractivity (Wildman–Crippen MR) is 64.9 cm³/mol. The van der Waals surface area contributed by atoms with Crippen molar-refractivity contribution in [2.75, 3.05) is 0 Å². The highest BCUT2D eigenvalue weighted by molar-refractivity contribution is 5.26. The van der Waals surface area contributed by atoms with Crippen molar-refractivity contribution in [2.24, 2.45) is 7.05 Å². The summed E-state index contributed by atoms with van der Waals surface area (Å²) in [5.41, 5.74) is 3.09. The van der Waals surface area contributed by atoms with Gasteiger partial charge in [-0.15, -0.1) is 0 Å². The van der Waals surface area contributed by atoms with E-state index in [0.717, 1.165) is 29.9 Å². The van der Waals surface area contributed by atoms with Gasteiger partial charge >= 0.3 is 0 Å². The molecule has 0 fully saturated rings. The molecule has 0 aliphatic heterocycles. The summed E-state index contributed by atoms with van der Waals surface area (Å²) in [6, 6.07) is 6.84. The van der Waals surface area contributed by atoms with Crippen LogP contribution in [0.4, 0.5) is 4.39 Å². The van der Waals surface area contributed by atoms with E-state index < -0.39 is 0 Å². The van der Waals surface area contributed by atoms with Crippen molar-refractivity contribution < 1.29 is 4.39 Å². The molecule has 1 heterocycles. The summed E-state index contributed by atoms with van der Waals surface area (Å²) >= 11 is 0. The van der Waals surface area contributed by atoms with Crippen LogP contribution in [0.25, 0.3) is 0 Å². The van der Waals surface area contributed by atoms with E-state index in [-0.39, 0.29) is 5.82 Å². The summed E-state index contributed by atoms with van der Waals surface area (Å²) in [5.74, 6) is -0.184. The van der Waals surface area contributed by atoms with Crippen LogP contribution in [0, 0.1) is 12.7 Å². The van der Waals surface area contributed by atoms with Crippen molar-refractivity contribution >= 4 is 0 Å². The largest absolute Gasteiger partial charge is 0.307 e. The number of hydrogen-bond acceptors (Lipinski definition) is 2. The second-order valence-electron chi connectivity index (χ2n) is 4.16. The Balaban J connectivity index is 1.90. The Hall–Kier alpha value is -1.68. The van der Waals surface area contributed by atoms with Crippen LogP contribution >= 0.6 is 0 Å². The highest BCUT2D eigenvalue weighted by Gasteiger charge is 2.01. The summed E-state index contributed by atoms with van der Waals surface area (Å²) in [5, 5.41) is 7.57. The van der Waals surface area contributed by atoms with E-state index in [1.54, 1.807) is 10.7 Å². The molecular formula is C13H16FN3. The maximum absolute atomic E-state index is 12.9. The summed E-state index contributed by atoms with van der Waals surface area (Å²) in [6.07, 6.45) is 1.92. The van der Waals surface area contributed by atoms with Crippen molar-refractivity contribution in [1.82, 2.24) is 15.1 Å². The van der Waals surface area contributed by atoms with E-state index in [9.17, 15) is 4.39 Å². The van der Waals surface area contributed by atoms with E-state index in [4.69, 9.17) is 0 Å². The van der Waals surface area contributed by atoms with E-state index in [1.165, 1.54) is 6.07 Å². The number of hydrogen-bond donors (Lipinski definition) is 1. The lowest BCUT2D eigenvalue weighted by Crippen LogP contribution is -2.14. The Kier molecular flexibility index (Phi) is 3.54. The molecule has 4 heteroatoms. The van der Waals surface area contributed by atoms with Crippen LogP contribution in [0.1, 0.15) is 16.8 Å². The van der Waals surface area contributed by atoms with Crippen molar-refractivity contribution in [3.05, 3.63) is 53.1 Å². The lowest BCUT2D eigenvalue weighted by molar-refractivity contribution is 0.621. The van der Waals surface area contributed by atoms with Gasteiger partial charge in [0.25, 0.3) is 0 Å². The topological polar surface area (TPSA) is 29.9 Å². The minimum atomic E-state index is -0.184. The monoisotopic (exact) mass is 233 g/mol. The Morgan fingerprint density at radius 1 is 1.29 bits per heavy atom. The molecule has 0 saturated carbocycles. The van der Waals surface area contributed by atoms with Gasteiger partial charge < -0.3 is 5.32 Å². The molecule has 0 aliphatic rings. The smallest absolute Gasteiger partial charge is 0.123 e. The predicted octanol–water partition coefficient (Wildman–Crippen LogP) is 2.16. The lowest BCUT2D eigenvalue weighted by atomic mass is 10.1. The van der Waals surface area contributed by atoms with E-state index >= 15 is 0 Å². The molecule has 2 rings (SSSR count). The van der Waals surface area contributed by atoms with Crippen LogP contribution < -0.4 is 5.32 Å². The normalized spacial score (nSPS) is 10.8. The third-order valence-electron chi connectivity index (χ3n) is 2.70. The van der Waals surface area contributed by atoms with Crippen molar-refractivity contribution in [3.63, 3.8) is 0 Å². The fourth-order valence-corrected chi connectivity index (χ4v) is 1.74. The fraction of sp³-hybridized carbons (Fsp3) is 0.308. The standard InChI is InChI=1S/C13H16FN3/c1-10-7-12(14)4-3-11(10)8-15-9-13-5-6-17(2)16-13/h3-7,15H,8-9H2,1-2H3. The Morgan fingerprint density at radius 3 is 2.76 bits per heavy atom. The molecule has 0 atom stereocenters. The van der Waals surface area contributed by atoms with Gasteiger partial charge in [-0.2, -0.15) is 5.10 Å². The Morgan fingerprint density at radius 2 is 2.12 bits per heavy atom. The number of halogens is 1. The molecule has 17 heavy (non-hydrogen) atoms. The zero-order valence-electron chi connectivity index (χ0n) is 10.1. The van der Waals surface area contributed by atoms with Gasteiger partial charge in [0.1, 0.15) is 5.82 Å². The van der Waals surface area contributed by atoms with Crippen LogP contribution in [0.15, 0.2) is 30.5 Å². The number of aromatic nitrogens is 2. The number of nitrogens with one attached hydrogen (secondary N) is 1. The Bertz CT molecular complexity index is 505. The van der Waals surface area contributed by atoms with Gasteiger partial charge in [0.05, 0.1) is 5.69 Å². The van der Waals surface area contributed by atoms with Gasteiger partial charge in [-0.25, -0.2) is 4.39 Å². The van der Waals surface area contributed by atoms with Crippen molar-refractivity contribution in [1.29, 1.82) is 0 Å². The Labute approximate surface area is 100 Å². The fourth-order valence-electron chi connectivity index (χ4n) is 1.74. The summed E-state index contributed by atoms with van der Waals surface area (Å²) in [7, 11) is 1.90. The van der Waals surface area contributed by atoms with E-state index in [1.807, 2.05) is 32.3 Å². The molecule has 2 aromatic rings. The zero-order valence-corrected chi connectivity index (χ0v) is 10.1. The molecule has 0 saturated heterocycles. The highest BCUT2D eigenvalue weighted by atomic mass is 19.1. The second kappa shape index (κ2) is 5.10. The molecule has 0 amide bonds. The third kappa shape index (κ3) is 3.14. The van der Waals surface area contributed by atoms with Gasteiger partial charge in [0.2, 0.25) is 0 Å². The molecule has 0 bridgehead atoms. The molecule has 0 radical (unpaired) electrons. The van der Waals surface area contributed by atoms with Crippen LogP contribution in [-0.2, 0) is 20.1 Å². The molecular weight excluding hydrogens is 217 g/mol. The van der Waals surface area contributed by atoms with Crippen molar-refractivity contribution in [3.8, 4) is 0 Å². The average Bonchev–Trinajstić information content (AvgIpc) is 2.68. The van der Waals surface area contributed by atoms with Gasteiger partial charge in [-0.05, 0) is 36.2 Å². The summed E-state index contributed by atoms with van der Waals surface area (Å²) in [4.78, 5) is 0. The van der Waals surface area contributed by atoms with Crippen molar-refractivity contribution in [2.45, 2.75) is 20.0 Å². The van der Waals surface area contributed by atoms with Gasteiger partial charge in [-0.3, -0.25) is 4.68 Å². The number of benzene rings is 1. The van der Waals surface area contributed by atoms with Gasteiger partial charge in [0.15, 0.2) is 0 Å². The maximum atomic E-state index is 12.9. The van der Waals surface area contributed by atoms with Crippen LogP contribution in [0.3, 0.4) is 0 Å². The minimum Gasteiger partial charge on any atom is -0.307 e. The molecule has 0 unspecified atom stereocenters. The first-order valence-corrected chi connectivity index (χ1v) is 5.59. The first-order chi connectivity index (χ1) is 8.15. The average molecular weight is 233 g/mol. The molecule has 1 N–H and O–H groups in total. The van der Waals surface area contributed by atoms with Crippen LogP contribution in [0.2, 0.25) is 0 Å². The quantitative estimate of drug-likeness (QED) is 0.877. The minimum absolute atomic E-state index is 0.184. The van der Waals surface area contributed by atoms with Crippen LogP contribution in [-0.4, -0.2) is 9.78 Å². The third-order valence-corrected chi connectivity index (χ3v) is 2.70. The molecule has 1 aromatic carbocycles. The number of aryl methyl sites for hydroxylation is 2. The first kappa shape index (κ1) is 11.8. The molecule has 0 aliphatic carbocycles. The first-order valence-electron chi connectivity index (χ1n) is 5.59. The van der Waals surface area contributed by atoms with Crippen LogP contribution in [0.5, 0.6) is 0 Å². The number of rotatable bonds is 4. The SMILES string of the molecule is Cc1cc(F)ccc1CNCc1ccn(C)n1. The highest BCUT2D eigenvalue weighted by Crippen LogP contribution is 2.09. The molecule has 90 valence electrons. The summed E-state index contributed by atoms with van der Waals surface area (Å²) in [6.45, 7) is 3.36. The van der Waals surface area contributed by atoms with Gasteiger partial charge in [-0.1, -0.05) is 6.07 Å². The molecule has 1 aromatic heterocycles. The number of nitrogens with zero attached hydrogens (tertiary/aromatic N) is 2. The zero-order chi connectivity index (χ0) is 12.3. The van der Waals surface area contributed by atoms with E-state index in [2.05, 4.69) is 10.4 Å². The molecule has 0 spiro atoms. The molecule has 3 nitrogen and oxygen atoms in total. The second-order valence-corrected chi connectivity index (χ2v) is 4.16.